The summed E-state index contributed by atoms with van der Waals surface area (Å²) in [4.78, 5) is 6.16. The molecule has 82 valence electrons. The van der Waals surface area contributed by atoms with Gasteiger partial charge in [0.15, 0.2) is 11.6 Å². The zero-order valence-corrected chi connectivity index (χ0v) is 8.63. The number of rotatable bonds is 2. The zero-order valence-electron chi connectivity index (χ0n) is 8.63. The predicted octanol–water partition coefficient (Wildman–Crippen LogP) is 1.14. The van der Waals surface area contributed by atoms with Gasteiger partial charge >= 0.3 is 0 Å². The van der Waals surface area contributed by atoms with Crippen molar-refractivity contribution in [3.8, 4) is 5.75 Å². The van der Waals surface area contributed by atoms with Crippen molar-refractivity contribution >= 4 is 5.82 Å². The standard InChI is InChI=1S/C11H16N2O2/c14-8-9-4-1-2-7-13(9)11-10(15)5-3-6-12-11/h3,5-6,9,14-15H,1-2,4,7-8H2. The lowest BCUT2D eigenvalue weighted by atomic mass is 10.0. The molecule has 1 aliphatic heterocycles. The van der Waals surface area contributed by atoms with E-state index in [0.717, 1.165) is 25.8 Å². The molecule has 1 aromatic rings. The molecule has 15 heavy (non-hydrogen) atoms. The van der Waals surface area contributed by atoms with E-state index in [1.165, 1.54) is 0 Å². The van der Waals surface area contributed by atoms with Crippen LogP contribution in [0.5, 0.6) is 5.75 Å². The van der Waals surface area contributed by atoms with E-state index < -0.39 is 0 Å². The van der Waals surface area contributed by atoms with Crippen LogP contribution in [0.25, 0.3) is 0 Å². The molecular weight excluding hydrogens is 192 g/mol. The third-order valence-electron chi connectivity index (χ3n) is 2.88. The second-order valence-corrected chi connectivity index (χ2v) is 3.87. The highest BCUT2D eigenvalue weighted by Gasteiger charge is 2.24. The number of aliphatic hydroxyl groups is 1. The summed E-state index contributed by atoms with van der Waals surface area (Å²) in [6.07, 6.45) is 4.85. The molecule has 4 heteroatoms. The van der Waals surface area contributed by atoms with E-state index in [9.17, 15) is 10.2 Å². The van der Waals surface area contributed by atoms with Crippen molar-refractivity contribution in [1.82, 2.24) is 4.98 Å². The Kier molecular flexibility index (Phi) is 3.06. The van der Waals surface area contributed by atoms with E-state index in [1.807, 2.05) is 4.90 Å². The van der Waals surface area contributed by atoms with Gasteiger partial charge in [-0.3, -0.25) is 0 Å². The third kappa shape index (κ3) is 2.04. The summed E-state index contributed by atoms with van der Waals surface area (Å²) in [6.45, 7) is 0.978. The number of aliphatic hydroxyl groups excluding tert-OH is 1. The first-order valence-electron chi connectivity index (χ1n) is 5.34. The molecule has 0 saturated carbocycles. The predicted molar refractivity (Wildman–Crippen MR) is 58.0 cm³/mol. The molecule has 0 aliphatic carbocycles. The maximum atomic E-state index is 9.69. The van der Waals surface area contributed by atoms with Crippen molar-refractivity contribution in [1.29, 1.82) is 0 Å². The van der Waals surface area contributed by atoms with Crippen LogP contribution in [-0.2, 0) is 0 Å². The van der Waals surface area contributed by atoms with Crippen LogP contribution < -0.4 is 4.90 Å². The van der Waals surface area contributed by atoms with E-state index in [2.05, 4.69) is 4.98 Å². The summed E-state index contributed by atoms with van der Waals surface area (Å²) in [7, 11) is 0. The Morgan fingerprint density at radius 2 is 2.33 bits per heavy atom. The topological polar surface area (TPSA) is 56.6 Å². The monoisotopic (exact) mass is 208 g/mol. The first-order chi connectivity index (χ1) is 7.33. The summed E-state index contributed by atoms with van der Waals surface area (Å²) in [5.74, 6) is 0.786. The fourth-order valence-electron chi connectivity index (χ4n) is 2.08. The molecule has 0 amide bonds. The number of hydrogen-bond donors (Lipinski definition) is 2. The maximum Gasteiger partial charge on any atom is 0.171 e. The van der Waals surface area contributed by atoms with Crippen molar-refractivity contribution in [2.24, 2.45) is 0 Å². The van der Waals surface area contributed by atoms with Gasteiger partial charge in [-0.15, -0.1) is 0 Å². The molecule has 2 heterocycles. The fourth-order valence-corrected chi connectivity index (χ4v) is 2.08. The fraction of sp³-hybridized carbons (Fsp3) is 0.545. The third-order valence-corrected chi connectivity index (χ3v) is 2.88. The molecule has 4 nitrogen and oxygen atoms in total. The Morgan fingerprint density at radius 1 is 1.47 bits per heavy atom. The van der Waals surface area contributed by atoms with E-state index in [1.54, 1.807) is 18.3 Å². The molecule has 1 aliphatic rings. The van der Waals surface area contributed by atoms with Crippen molar-refractivity contribution < 1.29 is 10.2 Å². The van der Waals surface area contributed by atoms with Crippen LogP contribution in [0.15, 0.2) is 18.3 Å². The Bertz CT molecular complexity index is 330. The van der Waals surface area contributed by atoms with Gasteiger partial charge in [-0.25, -0.2) is 4.98 Å². The zero-order chi connectivity index (χ0) is 10.7. The SMILES string of the molecule is OCC1CCCCN1c1ncccc1O. The van der Waals surface area contributed by atoms with Crippen molar-refractivity contribution in [3.05, 3.63) is 18.3 Å². The molecule has 1 unspecified atom stereocenters. The number of aromatic hydroxyl groups is 1. The summed E-state index contributed by atoms with van der Waals surface area (Å²) in [6, 6.07) is 3.43. The van der Waals surface area contributed by atoms with Gasteiger partial charge in [0, 0.05) is 12.7 Å². The Hall–Kier alpha value is -1.29. The van der Waals surface area contributed by atoms with Crippen LogP contribution in [0.2, 0.25) is 0 Å². The quantitative estimate of drug-likeness (QED) is 0.765. The minimum atomic E-state index is 0.0968. The summed E-state index contributed by atoms with van der Waals surface area (Å²) >= 11 is 0. The number of pyridine rings is 1. The van der Waals surface area contributed by atoms with E-state index >= 15 is 0 Å². The molecule has 2 N–H and O–H groups in total. The van der Waals surface area contributed by atoms with Crippen LogP contribution in [0.3, 0.4) is 0 Å². The molecule has 1 aromatic heterocycles. The first kappa shape index (κ1) is 10.2. The molecule has 0 aromatic carbocycles. The van der Waals surface area contributed by atoms with Gasteiger partial charge < -0.3 is 15.1 Å². The average molecular weight is 208 g/mol. The van der Waals surface area contributed by atoms with Crippen LogP contribution in [0.1, 0.15) is 19.3 Å². The maximum absolute atomic E-state index is 9.69. The summed E-state index contributed by atoms with van der Waals surface area (Å²) in [5.41, 5.74) is 0. The van der Waals surface area contributed by atoms with E-state index in [4.69, 9.17) is 0 Å². The first-order valence-corrected chi connectivity index (χ1v) is 5.34. The Balaban J connectivity index is 2.24. The smallest absolute Gasteiger partial charge is 0.171 e. The minimum Gasteiger partial charge on any atom is -0.504 e. The van der Waals surface area contributed by atoms with Gasteiger partial charge in [0.05, 0.1) is 12.6 Å². The Labute approximate surface area is 89.2 Å². The summed E-state index contributed by atoms with van der Waals surface area (Å²) < 4.78 is 0. The van der Waals surface area contributed by atoms with Crippen molar-refractivity contribution in [3.63, 3.8) is 0 Å². The summed E-state index contributed by atoms with van der Waals surface area (Å²) in [5, 5.41) is 19.0. The average Bonchev–Trinajstić information content (AvgIpc) is 2.30. The number of piperidine rings is 1. The Morgan fingerprint density at radius 3 is 3.07 bits per heavy atom. The molecule has 0 bridgehead atoms. The normalized spacial score (nSPS) is 21.7. The highest BCUT2D eigenvalue weighted by atomic mass is 16.3. The minimum absolute atomic E-state index is 0.0968. The van der Waals surface area contributed by atoms with Gasteiger partial charge in [0.2, 0.25) is 0 Å². The number of anilines is 1. The second kappa shape index (κ2) is 4.49. The van der Waals surface area contributed by atoms with Crippen LogP contribution >= 0.6 is 0 Å². The van der Waals surface area contributed by atoms with Crippen molar-refractivity contribution in [2.75, 3.05) is 18.1 Å². The highest BCUT2D eigenvalue weighted by Crippen LogP contribution is 2.29. The highest BCUT2D eigenvalue weighted by molar-refractivity contribution is 5.52. The second-order valence-electron chi connectivity index (χ2n) is 3.87. The van der Waals surface area contributed by atoms with E-state index in [-0.39, 0.29) is 18.4 Å². The molecule has 1 saturated heterocycles. The van der Waals surface area contributed by atoms with Gasteiger partial charge in [0.1, 0.15) is 0 Å². The lowest BCUT2D eigenvalue weighted by molar-refractivity contribution is 0.239. The van der Waals surface area contributed by atoms with E-state index in [0.29, 0.717) is 5.82 Å². The van der Waals surface area contributed by atoms with Gasteiger partial charge in [-0.05, 0) is 31.4 Å². The molecule has 1 atom stereocenters. The molecule has 0 spiro atoms. The molecule has 0 radical (unpaired) electrons. The van der Waals surface area contributed by atoms with Crippen LogP contribution in [0.4, 0.5) is 5.82 Å². The van der Waals surface area contributed by atoms with Crippen molar-refractivity contribution in [2.45, 2.75) is 25.3 Å². The van der Waals surface area contributed by atoms with Crippen LogP contribution in [0, 0.1) is 0 Å². The number of aromatic nitrogens is 1. The molecule has 1 fully saturated rings. The largest absolute Gasteiger partial charge is 0.504 e. The van der Waals surface area contributed by atoms with Gasteiger partial charge in [-0.1, -0.05) is 0 Å². The number of nitrogens with zero attached hydrogens (tertiary/aromatic N) is 2. The molecule has 2 rings (SSSR count). The number of hydrogen-bond acceptors (Lipinski definition) is 4. The lowest BCUT2D eigenvalue weighted by Gasteiger charge is -2.35. The lowest BCUT2D eigenvalue weighted by Crippen LogP contribution is -2.42. The van der Waals surface area contributed by atoms with Gasteiger partial charge in [-0.2, -0.15) is 0 Å². The molecular formula is C11H16N2O2. The van der Waals surface area contributed by atoms with Gasteiger partial charge in [0.25, 0.3) is 0 Å². The van der Waals surface area contributed by atoms with Crippen LogP contribution in [-0.4, -0.2) is 34.4 Å².